The second-order valence-electron chi connectivity index (χ2n) is 6.95. The van der Waals surface area contributed by atoms with Crippen molar-refractivity contribution in [2.45, 2.75) is 12.8 Å². The third-order valence-electron chi connectivity index (χ3n) is 5.05. The minimum atomic E-state index is -3.65. The van der Waals surface area contributed by atoms with Gasteiger partial charge in [0.1, 0.15) is 5.01 Å². The summed E-state index contributed by atoms with van der Waals surface area (Å²) in [6.07, 6.45) is 3.00. The maximum Gasteiger partial charge on any atom is 0.258 e. The number of anilines is 1. The van der Waals surface area contributed by atoms with Gasteiger partial charge >= 0.3 is 0 Å². The van der Waals surface area contributed by atoms with Gasteiger partial charge in [0.15, 0.2) is 0 Å². The molecule has 0 saturated carbocycles. The molecule has 5 rings (SSSR count). The quantitative estimate of drug-likeness (QED) is 0.463. The molecule has 0 bridgehead atoms. The van der Waals surface area contributed by atoms with Gasteiger partial charge in [-0.05, 0) is 54.3 Å². The van der Waals surface area contributed by atoms with Crippen molar-refractivity contribution in [2.75, 3.05) is 4.72 Å². The van der Waals surface area contributed by atoms with Crippen LogP contribution in [0.25, 0.3) is 26.9 Å². The lowest BCUT2D eigenvalue weighted by Crippen LogP contribution is -2.17. The van der Waals surface area contributed by atoms with E-state index in [9.17, 15) is 8.42 Å². The van der Waals surface area contributed by atoms with Crippen molar-refractivity contribution >= 4 is 43.3 Å². The molecule has 3 aromatic carbocycles. The number of hydrogen-bond donors (Lipinski definition) is 1. The molecule has 144 valence electrons. The minimum absolute atomic E-state index is 0.412. The summed E-state index contributed by atoms with van der Waals surface area (Å²) in [4.78, 5) is 5.10. The van der Waals surface area contributed by atoms with Gasteiger partial charge in [-0.2, -0.15) is 0 Å². The topological polar surface area (TPSA) is 59.1 Å². The molecule has 1 aromatic heterocycles. The van der Waals surface area contributed by atoms with Gasteiger partial charge in [-0.1, -0.05) is 48.5 Å². The number of rotatable bonds is 4. The summed E-state index contributed by atoms with van der Waals surface area (Å²) in [6.45, 7) is 0. The Morgan fingerprint density at radius 2 is 1.62 bits per heavy atom. The Morgan fingerprint density at radius 3 is 2.52 bits per heavy atom. The summed E-state index contributed by atoms with van der Waals surface area (Å²) in [7, 11) is -3.65. The van der Waals surface area contributed by atoms with Gasteiger partial charge in [-0.15, -0.1) is 11.3 Å². The van der Waals surface area contributed by atoms with E-state index in [2.05, 4.69) is 9.71 Å². The standard InChI is InChI=1S/C23H18N2O2S2/c26-29(27,18-14-13-16-7-1-2-8-17(16)15-18)25-20-10-4-3-9-19(20)23-24-21-11-5-6-12-22(21)28-23/h1-12,15,25H,13-14H2. The van der Waals surface area contributed by atoms with Crippen molar-refractivity contribution in [3.8, 4) is 10.6 Å². The van der Waals surface area contributed by atoms with Gasteiger partial charge in [-0.25, -0.2) is 13.4 Å². The maximum absolute atomic E-state index is 13.1. The van der Waals surface area contributed by atoms with Gasteiger partial charge in [0.05, 0.1) is 20.8 Å². The van der Waals surface area contributed by atoms with E-state index in [1.54, 1.807) is 23.5 Å². The number of hydrogen-bond acceptors (Lipinski definition) is 4. The van der Waals surface area contributed by atoms with Crippen molar-refractivity contribution in [1.82, 2.24) is 4.98 Å². The second-order valence-corrected chi connectivity index (χ2v) is 9.71. The van der Waals surface area contributed by atoms with Gasteiger partial charge in [-0.3, -0.25) is 4.72 Å². The van der Waals surface area contributed by atoms with Gasteiger partial charge < -0.3 is 0 Å². The van der Waals surface area contributed by atoms with E-state index in [-0.39, 0.29) is 0 Å². The normalized spacial score (nSPS) is 13.7. The fourth-order valence-corrected chi connectivity index (χ4v) is 5.83. The smallest absolute Gasteiger partial charge is 0.258 e. The summed E-state index contributed by atoms with van der Waals surface area (Å²) in [5.41, 5.74) is 4.40. The molecule has 1 aliphatic rings. The first-order valence-electron chi connectivity index (χ1n) is 9.36. The number of sulfonamides is 1. The van der Waals surface area contributed by atoms with E-state index in [4.69, 9.17) is 0 Å². The molecule has 4 nitrogen and oxygen atoms in total. The summed E-state index contributed by atoms with van der Waals surface area (Å²) in [6, 6.07) is 23.3. The Kier molecular flexibility index (Phi) is 4.45. The third-order valence-corrected chi connectivity index (χ3v) is 7.62. The lowest BCUT2D eigenvalue weighted by molar-refractivity contribution is 0.605. The van der Waals surface area contributed by atoms with Crippen LogP contribution in [0.3, 0.4) is 0 Å². The summed E-state index contributed by atoms with van der Waals surface area (Å²) < 4.78 is 30.1. The number of allylic oxidation sites excluding steroid dienone is 1. The van der Waals surface area contributed by atoms with E-state index < -0.39 is 10.0 Å². The van der Waals surface area contributed by atoms with Crippen molar-refractivity contribution in [2.24, 2.45) is 0 Å². The van der Waals surface area contributed by atoms with Crippen molar-refractivity contribution in [3.05, 3.63) is 88.8 Å². The zero-order chi connectivity index (χ0) is 19.8. The number of benzene rings is 3. The zero-order valence-electron chi connectivity index (χ0n) is 15.5. The van der Waals surface area contributed by atoms with Crippen LogP contribution in [0, 0.1) is 0 Å². The van der Waals surface area contributed by atoms with Crippen LogP contribution in [0.5, 0.6) is 0 Å². The molecular formula is C23H18N2O2S2. The maximum atomic E-state index is 13.1. The molecule has 0 atom stereocenters. The number of nitrogens with zero attached hydrogens (tertiary/aromatic N) is 1. The fraction of sp³-hybridized carbons (Fsp3) is 0.0870. The second kappa shape index (κ2) is 7.13. The van der Waals surface area contributed by atoms with Crippen LogP contribution in [0.2, 0.25) is 0 Å². The molecule has 29 heavy (non-hydrogen) atoms. The highest BCUT2D eigenvalue weighted by Gasteiger charge is 2.23. The van der Waals surface area contributed by atoms with Gasteiger partial charge in [0.25, 0.3) is 10.0 Å². The molecule has 6 heteroatoms. The molecule has 1 heterocycles. The third kappa shape index (κ3) is 3.45. The lowest BCUT2D eigenvalue weighted by Gasteiger charge is -2.18. The number of thiazole rings is 1. The highest BCUT2D eigenvalue weighted by Crippen LogP contribution is 2.36. The Bertz CT molecular complexity index is 1320. The van der Waals surface area contributed by atoms with E-state index >= 15 is 0 Å². The molecule has 0 fully saturated rings. The van der Waals surface area contributed by atoms with Crippen molar-refractivity contribution in [3.63, 3.8) is 0 Å². The van der Waals surface area contributed by atoms with Crippen LogP contribution >= 0.6 is 11.3 Å². The average Bonchev–Trinajstić information content (AvgIpc) is 3.17. The summed E-state index contributed by atoms with van der Waals surface area (Å²) >= 11 is 1.56. The van der Waals surface area contributed by atoms with Crippen LogP contribution < -0.4 is 4.72 Å². The number of aryl methyl sites for hydroxylation is 1. The molecular weight excluding hydrogens is 400 g/mol. The molecule has 0 spiro atoms. The van der Waals surface area contributed by atoms with Crippen LogP contribution in [-0.4, -0.2) is 13.4 Å². The Hall–Kier alpha value is -2.96. The largest absolute Gasteiger partial charge is 0.279 e. The summed E-state index contributed by atoms with van der Waals surface area (Å²) in [5.74, 6) is 0. The molecule has 4 aromatic rings. The molecule has 1 N–H and O–H groups in total. The Morgan fingerprint density at radius 1 is 0.862 bits per heavy atom. The monoisotopic (exact) mass is 418 g/mol. The van der Waals surface area contributed by atoms with Gasteiger partial charge in [0, 0.05) is 5.56 Å². The van der Waals surface area contributed by atoms with Crippen LogP contribution in [-0.2, 0) is 16.4 Å². The van der Waals surface area contributed by atoms with Crippen LogP contribution in [0.4, 0.5) is 5.69 Å². The van der Waals surface area contributed by atoms with E-state index in [1.165, 1.54) is 5.56 Å². The Labute approximate surface area is 173 Å². The fourth-order valence-electron chi connectivity index (χ4n) is 3.57. The van der Waals surface area contributed by atoms with Crippen LogP contribution in [0.15, 0.2) is 77.7 Å². The number of aromatic nitrogens is 1. The first-order chi connectivity index (χ1) is 14.1. The molecule has 0 aliphatic heterocycles. The predicted octanol–water partition coefficient (Wildman–Crippen LogP) is 5.69. The molecule has 0 unspecified atom stereocenters. The SMILES string of the molecule is O=S(=O)(Nc1ccccc1-c1nc2ccccc2s1)C1=Cc2ccccc2CC1. The van der Waals surface area contributed by atoms with Crippen LogP contribution in [0.1, 0.15) is 17.5 Å². The van der Waals surface area contributed by atoms with E-state index in [1.807, 2.05) is 66.7 Å². The first-order valence-corrected chi connectivity index (χ1v) is 11.7. The zero-order valence-corrected chi connectivity index (χ0v) is 17.1. The first kappa shape index (κ1) is 18.1. The average molecular weight is 419 g/mol. The summed E-state index contributed by atoms with van der Waals surface area (Å²) in [5, 5.41) is 0.799. The molecule has 1 aliphatic carbocycles. The molecule has 0 amide bonds. The minimum Gasteiger partial charge on any atom is -0.279 e. The predicted molar refractivity (Wildman–Crippen MR) is 120 cm³/mol. The highest BCUT2D eigenvalue weighted by molar-refractivity contribution is 7.96. The van der Waals surface area contributed by atoms with Crippen molar-refractivity contribution < 1.29 is 8.42 Å². The van der Waals surface area contributed by atoms with Crippen molar-refractivity contribution in [1.29, 1.82) is 0 Å². The van der Waals surface area contributed by atoms with E-state index in [0.29, 0.717) is 17.0 Å². The molecule has 0 radical (unpaired) electrons. The Balaban J connectivity index is 1.52. The van der Waals surface area contributed by atoms with E-state index in [0.717, 1.165) is 32.8 Å². The lowest BCUT2D eigenvalue weighted by atomic mass is 9.98. The van der Waals surface area contributed by atoms with Gasteiger partial charge in [0.2, 0.25) is 0 Å². The number of para-hydroxylation sites is 2. The number of nitrogens with one attached hydrogen (secondary N) is 1. The number of fused-ring (bicyclic) bond motifs is 2. The highest BCUT2D eigenvalue weighted by atomic mass is 32.2. The molecule has 0 saturated heterocycles.